The number of rotatable bonds is 2. The Morgan fingerprint density at radius 3 is 2.77 bits per heavy atom. The zero-order chi connectivity index (χ0) is 18.3. The number of fused-ring (bicyclic) bond motifs is 2. The Morgan fingerprint density at radius 1 is 1.12 bits per heavy atom. The molecule has 0 saturated carbocycles. The first-order valence-corrected chi connectivity index (χ1v) is 8.25. The molecule has 0 radical (unpaired) electrons. The number of alkyl halides is 3. The van der Waals surface area contributed by atoms with Gasteiger partial charge in [-0.15, -0.1) is 13.2 Å². The summed E-state index contributed by atoms with van der Waals surface area (Å²) in [7, 11) is 0. The van der Waals surface area contributed by atoms with E-state index in [9.17, 15) is 13.2 Å². The average molecular weight is 380 g/mol. The van der Waals surface area contributed by atoms with Crippen molar-refractivity contribution in [3.05, 3.63) is 53.6 Å². The molecule has 0 saturated heterocycles. The molecule has 1 aliphatic rings. The zero-order valence-corrected chi connectivity index (χ0v) is 14.1. The fourth-order valence-electron chi connectivity index (χ4n) is 3.00. The average Bonchev–Trinajstić information content (AvgIpc) is 2.60. The van der Waals surface area contributed by atoms with Crippen molar-refractivity contribution in [1.82, 2.24) is 4.98 Å². The molecule has 0 aliphatic carbocycles. The van der Waals surface area contributed by atoms with E-state index in [0.29, 0.717) is 35.1 Å². The van der Waals surface area contributed by atoms with Crippen LogP contribution in [0, 0.1) is 0 Å². The summed E-state index contributed by atoms with van der Waals surface area (Å²) in [4.78, 5) is 6.57. The molecule has 4 rings (SSSR count). The maximum Gasteiger partial charge on any atom is 0.573 e. The van der Waals surface area contributed by atoms with Crippen LogP contribution in [0.5, 0.6) is 5.75 Å². The van der Waals surface area contributed by atoms with Gasteiger partial charge >= 0.3 is 6.36 Å². The van der Waals surface area contributed by atoms with Gasteiger partial charge in [0.1, 0.15) is 11.6 Å². The Hall–Kier alpha value is -2.67. The van der Waals surface area contributed by atoms with Gasteiger partial charge in [-0.1, -0.05) is 23.7 Å². The van der Waals surface area contributed by atoms with E-state index in [1.165, 1.54) is 12.1 Å². The molecule has 2 aromatic carbocycles. The van der Waals surface area contributed by atoms with Gasteiger partial charge in [0, 0.05) is 24.5 Å². The van der Waals surface area contributed by atoms with Crippen molar-refractivity contribution < 1.29 is 17.9 Å². The van der Waals surface area contributed by atoms with Gasteiger partial charge in [0.2, 0.25) is 0 Å². The molecule has 1 N–H and O–H groups in total. The van der Waals surface area contributed by atoms with Gasteiger partial charge in [0.15, 0.2) is 0 Å². The number of anilines is 3. The predicted molar refractivity (Wildman–Crippen MR) is 95.4 cm³/mol. The molecule has 1 aliphatic heterocycles. The Kier molecular flexibility index (Phi) is 4.03. The Labute approximate surface area is 152 Å². The van der Waals surface area contributed by atoms with Crippen molar-refractivity contribution in [3.63, 3.8) is 0 Å². The second-order valence-electron chi connectivity index (χ2n) is 5.79. The number of hydrogen-bond donors (Lipinski definition) is 1. The molecule has 0 unspecified atom stereocenters. The van der Waals surface area contributed by atoms with Crippen molar-refractivity contribution in [3.8, 4) is 5.75 Å². The van der Waals surface area contributed by atoms with Crippen molar-refractivity contribution in [2.45, 2.75) is 6.36 Å². The minimum absolute atomic E-state index is 0.264. The molecule has 0 atom stereocenters. The van der Waals surface area contributed by atoms with Gasteiger partial charge in [0.05, 0.1) is 21.9 Å². The fourth-order valence-corrected chi connectivity index (χ4v) is 3.23. The molecule has 4 nitrogen and oxygen atoms in total. The molecule has 0 spiro atoms. The van der Waals surface area contributed by atoms with Gasteiger partial charge in [-0.25, -0.2) is 4.98 Å². The highest BCUT2D eigenvalue weighted by Gasteiger charge is 2.31. The Balaban J connectivity index is 1.73. The lowest BCUT2D eigenvalue weighted by molar-refractivity contribution is -0.274. The number of ether oxygens (including phenoxy) is 1. The van der Waals surface area contributed by atoms with Gasteiger partial charge in [0.25, 0.3) is 0 Å². The molecule has 1 aromatic heterocycles. The lowest BCUT2D eigenvalue weighted by Gasteiger charge is -2.31. The molecular weight excluding hydrogens is 367 g/mol. The molecular formula is C18H13ClF3N3O. The molecule has 0 fully saturated rings. The van der Waals surface area contributed by atoms with Crippen LogP contribution in [0.3, 0.4) is 0 Å². The highest BCUT2D eigenvalue weighted by molar-refractivity contribution is 6.35. The van der Waals surface area contributed by atoms with Crippen molar-refractivity contribution in [1.29, 1.82) is 0 Å². The van der Waals surface area contributed by atoms with Crippen molar-refractivity contribution in [2.75, 3.05) is 23.3 Å². The van der Waals surface area contributed by atoms with Crippen LogP contribution in [0.15, 0.2) is 48.5 Å². The first kappa shape index (κ1) is 16.8. The summed E-state index contributed by atoms with van der Waals surface area (Å²) in [5.74, 6) is 0.415. The third-order valence-corrected chi connectivity index (χ3v) is 4.38. The molecule has 0 amide bonds. The van der Waals surface area contributed by atoms with E-state index in [1.807, 2.05) is 29.2 Å². The number of aromatic nitrogens is 1. The summed E-state index contributed by atoms with van der Waals surface area (Å²) in [5, 5.41) is 4.57. The molecule has 2 heterocycles. The van der Waals surface area contributed by atoms with E-state index in [4.69, 9.17) is 11.6 Å². The zero-order valence-electron chi connectivity index (χ0n) is 13.3. The van der Waals surface area contributed by atoms with Crippen LogP contribution in [-0.4, -0.2) is 24.4 Å². The summed E-state index contributed by atoms with van der Waals surface area (Å²) in [6.07, 6.45) is -4.72. The summed E-state index contributed by atoms with van der Waals surface area (Å²) in [6, 6.07) is 13.6. The summed E-state index contributed by atoms with van der Waals surface area (Å²) in [5.41, 5.74) is 1.97. The minimum atomic E-state index is -4.72. The first-order valence-electron chi connectivity index (χ1n) is 7.87. The van der Waals surface area contributed by atoms with Crippen LogP contribution in [0.4, 0.5) is 30.4 Å². The fraction of sp³-hybridized carbons (Fsp3) is 0.167. The third kappa shape index (κ3) is 3.22. The lowest BCUT2D eigenvalue weighted by atomic mass is 10.1. The van der Waals surface area contributed by atoms with E-state index >= 15 is 0 Å². The highest BCUT2D eigenvalue weighted by atomic mass is 35.5. The van der Waals surface area contributed by atoms with Crippen molar-refractivity contribution >= 4 is 39.7 Å². The lowest BCUT2D eigenvalue weighted by Crippen LogP contribution is -2.30. The van der Waals surface area contributed by atoms with E-state index in [2.05, 4.69) is 15.0 Å². The normalized spacial score (nSPS) is 14.1. The number of nitrogens with one attached hydrogen (secondary N) is 1. The van der Waals surface area contributed by atoms with Crippen LogP contribution in [0.2, 0.25) is 5.02 Å². The highest BCUT2D eigenvalue weighted by Crippen LogP contribution is 2.38. The first-order chi connectivity index (χ1) is 12.4. The standard InChI is InChI=1S/C18H13ClF3N3O/c19-13-3-1-2-11-4-7-16(24-17(11)13)25-9-8-23-14-10-12(5-6-15(14)25)26-18(20,21)22/h1-7,10,23H,8-9H2. The smallest absolute Gasteiger partial charge is 0.406 e. The molecule has 8 heteroatoms. The Morgan fingerprint density at radius 2 is 1.96 bits per heavy atom. The van der Waals surface area contributed by atoms with Gasteiger partial charge < -0.3 is 15.0 Å². The van der Waals surface area contributed by atoms with Crippen LogP contribution >= 0.6 is 11.6 Å². The molecule has 0 bridgehead atoms. The largest absolute Gasteiger partial charge is 0.573 e. The number of pyridine rings is 1. The van der Waals surface area contributed by atoms with Crippen LogP contribution in [0.25, 0.3) is 10.9 Å². The summed E-state index contributed by atoms with van der Waals surface area (Å²) >= 11 is 6.23. The molecule has 3 aromatic rings. The molecule has 26 heavy (non-hydrogen) atoms. The summed E-state index contributed by atoms with van der Waals surface area (Å²) < 4.78 is 41.3. The minimum Gasteiger partial charge on any atom is -0.406 e. The number of hydrogen-bond acceptors (Lipinski definition) is 4. The van der Waals surface area contributed by atoms with Gasteiger partial charge in [-0.3, -0.25) is 0 Å². The van der Waals surface area contributed by atoms with E-state index in [1.54, 1.807) is 12.1 Å². The summed E-state index contributed by atoms with van der Waals surface area (Å²) in [6.45, 7) is 1.18. The quantitative estimate of drug-likeness (QED) is 0.651. The SMILES string of the molecule is FC(F)(F)Oc1ccc2c(c1)NCCN2c1ccc2cccc(Cl)c2n1. The second kappa shape index (κ2) is 6.25. The van der Waals surface area contributed by atoms with Crippen LogP contribution < -0.4 is 15.0 Å². The van der Waals surface area contributed by atoms with Crippen LogP contribution in [0.1, 0.15) is 0 Å². The van der Waals surface area contributed by atoms with Crippen molar-refractivity contribution in [2.24, 2.45) is 0 Å². The maximum atomic E-state index is 12.4. The molecule has 134 valence electrons. The number of para-hydroxylation sites is 1. The van der Waals surface area contributed by atoms with E-state index in [0.717, 1.165) is 11.1 Å². The predicted octanol–water partition coefficient (Wildman–Crippen LogP) is 5.35. The van der Waals surface area contributed by atoms with E-state index < -0.39 is 6.36 Å². The topological polar surface area (TPSA) is 37.4 Å². The van der Waals surface area contributed by atoms with Gasteiger partial charge in [-0.2, -0.15) is 0 Å². The second-order valence-corrected chi connectivity index (χ2v) is 6.19. The number of benzene rings is 2. The Bertz CT molecular complexity index is 978. The number of nitrogens with zero attached hydrogens (tertiary/aromatic N) is 2. The monoisotopic (exact) mass is 379 g/mol. The van der Waals surface area contributed by atoms with Crippen LogP contribution in [-0.2, 0) is 0 Å². The maximum absolute atomic E-state index is 12.4. The number of halogens is 4. The third-order valence-electron chi connectivity index (χ3n) is 4.08. The van der Waals surface area contributed by atoms with Gasteiger partial charge in [-0.05, 0) is 30.3 Å². The van der Waals surface area contributed by atoms with E-state index in [-0.39, 0.29) is 5.75 Å².